The van der Waals surface area contributed by atoms with E-state index in [0.29, 0.717) is 0 Å². The summed E-state index contributed by atoms with van der Waals surface area (Å²) < 4.78 is 0. The van der Waals surface area contributed by atoms with Gasteiger partial charge in [0.05, 0.1) is 0 Å². The molecule has 0 saturated carbocycles. The van der Waals surface area contributed by atoms with Gasteiger partial charge in [-0.1, -0.05) is 18.2 Å². The van der Waals surface area contributed by atoms with Crippen LogP contribution in [-0.2, 0) is 11.2 Å². The molecule has 1 amide bonds. The van der Waals surface area contributed by atoms with Crippen LogP contribution in [0.2, 0.25) is 0 Å². The lowest BCUT2D eigenvalue weighted by atomic mass is 10.1. The highest BCUT2D eigenvalue weighted by molar-refractivity contribution is 5.89. The van der Waals surface area contributed by atoms with Crippen LogP contribution >= 0.6 is 0 Å². The fraction of sp³-hybridized carbons (Fsp3) is 0.417. The number of carbonyl (C=O) groups is 1. The van der Waals surface area contributed by atoms with Crippen LogP contribution in [0.15, 0.2) is 24.3 Å². The number of nitrogens with one attached hydrogen (secondary N) is 1. The van der Waals surface area contributed by atoms with Crippen LogP contribution in [0.4, 0.5) is 5.69 Å². The molecule has 3 heteroatoms. The third-order valence-electron chi connectivity index (χ3n) is 2.18. The van der Waals surface area contributed by atoms with Gasteiger partial charge in [-0.2, -0.15) is 0 Å². The summed E-state index contributed by atoms with van der Waals surface area (Å²) in [7, 11) is 0. The Balaban J connectivity index is 2.64. The van der Waals surface area contributed by atoms with E-state index in [0.717, 1.165) is 30.5 Å². The van der Waals surface area contributed by atoms with Crippen LogP contribution < -0.4 is 5.32 Å². The molecular weight excluding hydrogens is 190 g/mol. The van der Waals surface area contributed by atoms with Crippen molar-refractivity contribution in [1.82, 2.24) is 0 Å². The average molecular weight is 207 g/mol. The van der Waals surface area contributed by atoms with Gasteiger partial charge < -0.3 is 10.4 Å². The number of hydrogen-bond donors (Lipinski definition) is 2. The predicted octanol–water partition coefficient (Wildman–Crippen LogP) is 1.96. The molecule has 2 N–H and O–H groups in total. The third-order valence-corrected chi connectivity index (χ3v) is 2.18. The summed E-state index contributed by atoms with van der Waals surface area (Å²) in [6, 6.07) is 7.76. The number of para-hydroxylation sites is 1. The number of hydrogen-bond acceptors (Lipinski definition) is 2. The van der Waals surface area contributed by atoms with Crippen molar-refractivity contribution in [3.63, 3.8) is 0 Å². The number of anilines is 1. The van der Waals surface area contributed by atoms with Crippen LogP contribution in [0.1, 0.15) is 25.3 Å². The van der Waals surface area contributed by atoms with Crippen LogP contribution in [-0.4, -0.2) is 17.6 Å². The first-order valence-corrected chi connectivity index (χ1v) is 5.20. The predicted molar refractivity (Wildman–Crippen MR) is 60.8 cm³/mol. The van der Waals surface area contributed by atoms with E-state index >= 15 is 0 Å². The monoisotopic (exact) mass is 207 g/mol. The maximum absolute atomic E-state index is 10.9. The number of aryl methyl sites for hydroxylation is 1. The molecule has 0 aromatic heterocycles. The van der Waals surface area contributed by atoms with Gasteiger partial charge in [0, 0.05) is 19.2 Å². The standard InChI is InChI=1S/C12H17NO2/c1-10(15)13-12-8-3-2-6-11(12)7-4-5-9-14/h2-3,6,8,14H,4-5,7,9H2,1H3,(H,13,15). The van der Waals surface area contributed by atoms with E-state index in [-0.39, 0.29) is 12.5 Å². The number of unbranched alkanes of at least 4 members (excludes halogenated alkanes) is 1. The lowest BCUT2D eigenvalue weighted by Gasteiger charge is -2.08. The molecule has 0 radical (unpaired) electrons. The number of aliphatic hydroxyl groups excluding tert-OH is 1. The zero-order chi connectivity index (χ0) is 11.1. The molecule has 0 atom stereocenters. The second-order valence-corrected chi connectivity index (χ2v) is 3.52. The van der Waals surface area contributed by atoms with Crippen molar-refractivity contribution < 1.29 is 9.90 Å². The molecule has 0 saturated heterocycles. The summed E-state index contributed by atoms with van der Waals surface area (Å²) in [5.74, 6) is -0.0513. The molecule has 82 valence electrons. The zero-order valence-electron chi connectivity index (χ0n) is 8.99. The van der Waals surface area contributed by atoms with Crippen molar-refractivity contribution in [3.8, 4) is 0 Å². The van der Waals surface area contributed by atoms with Crippen molar-refractivity contribution in [2.75, 3.05) is 11.9 Å². The van der Waals surface area contributed by atoms with E-state index in [1.165, 1.54) is 6.92 Å². The first kappa shape index (κ1) is 11.7. The summed E-state index contributed by atoms with van der Waals surface area (Å²) in [6.45, 7) is 1.73. The maximum Gasteiger partial charge on any atom is 0.221 e. The molecule has 1 aromatic rings. The molecule has 0 spiro atoms. The van der Waals surface area contributed by atoms with Gasteiger partial charge in [-0.25, -0.2) is 0 Å². The molecule has 0 aliphatic carbocycles. The lowest BCUT2D eigenvalue weighted by Crippen LogP contribution is -2.08. The van der Waals surface area contributed by atoms with E-state index in [9.17, 15) is 4.79 Å². The van der Waals surface area contributed by atoms with E-state index in [2.05, 4.69) is 5.32 Å². The Labute approximate surface area is 90.1 Å². The zero-order valence-corrected chi connectivity index (χ0v) is 8.99. The molecule has 0 unspecified atom stereocenters. The Morgan fingerprint density at radius 3 is 2.73 bits per heavy atom. The minimum absolute atomic E-state index is 0.0513. The lowest BCUT2D eigenvalue weighted by molar-refractivity contribution is -0.114. The Morgan fingerprint density at radius 2 is 2.07 bits per heavy atom. The van der Waals surface area contributed by atoms with Crippen molar-refractivity contribution in [3.05, 3.63) is 29.8 Å². The number of rotatable bonds is 5. The highest BCUT2D eigenvalue weighted by atomic mass is 16.2. The Kier molecular flexibility index (Phi) is 4.84. The molecule has 0 aliphatic rings. The molecular formula is C12H17NO2. The van der Waals surface area contributed by atoms with E-state index in [1.54, 1.807) is 0 Å². The Hall–Kier alpha value is -1.35. The largest absolute Gasteiger partial charge is 0.396 e. The molecule has 0 heterocycles. The van der Waals surface area contributed by atoms with Gasteiger partial charge in [0.2, 0.25) is 5.91 Å². The van der Waals surface area contributed by atoms with Crippen molar-refractivity contribution in [2.45, 2.75) is 26.2 Å². The van der Waals surface area contributed by atoms with Crippen LogP contribution in [0.25, 0.3) is 0 Å². The highest BCUT2D eigenvalue weighted by Crippen LogP contribution is 2.17. The van der Waals surface area contributed by atoms with Gasteiger partial charge in [-0.15, -0.1) is 0 Å². The molecule has 1 aromatic carbocycles. The van der Waals surface area contributed by atoms with Gasteiger partial charge in [0.1, 0.15) is 0 Å². The number of aliphatic hydroxyl groups is 1. The number of benzene rings is 1. The summed E-state index contributed by atoms with van der Waals surface area (Å²) in [6.07, 6.45) is 2.62. The number of amides is 1. The first-order chi connectivity index (χ1) is 7.24. The quantitative estimate of drug-likeness (QED) is 0.725. The molecule has 0 aliphatic heterocycles. The second-order valence-electron chi connectivity index (χ2n) is 3.52. The van der Waals surface area contributed by atoms with E-state index < -0.39 is 0 Å². The van der Waals surface area contributed by atoms with Gasteiger partial charge >= 0.3 is 0 Å². The minimum atomic E-state index is -0.0513. The van der Waals surface area contributed by atoms with Crippen molar-refractivity contribution in [2.24, 2.45) is 0 Å². The van der Waals surface area contributed by atoms with Crippen LogP contribution in [0.5, 0.6) is 0 Å². The van der Waals surface area contributed by atoms with Crippen molar-refractivity contribution >= 4 is 11.6 Å². The Bertz CT molecular complexity index is 323. The van der Waals surface area contributed by atoms with Crippen LogP contribution in [0, 0.1) is 0 Å². The van der Waals surface area contributed by atoms with E-state index in [4.69, 9.17) is 5.11 Å². The first-order valence-electron chi connectivity index (χ1n) is 5.20. The molecule has 0 fully saturated rings. The van der Waals surface area contributed by atoms with Gasteiger partial charge in [-0.05, 0) is 30.9 Å². The van der Waals surface area contributed by atoms with Gasteiger partial charge in [-0.3, -0.25) is 4.79 Å². The fourth-order valence-electron chi connectivity index (χ4n) is 1.48. The van der Waals surface area contributed by atoms with Gasteiger partial charge in [0.15, 0.2) is 0 Å². The molecule has 15 heavy (non-hydrogen) atoms. The summed E-state index contributed by atoms with van der Waals surface area (Å²) in [5, 5.41) is 11.5. The number of carbonyl (C=O) groups excluding carboxylic acids is 1. The topological polar surface area (TPSA) is 49.3 Å². The van der Waals surface area contributed by atoms with Crippen LogP contribution in [0.3, 0.4) is 0 Å². The molecule has 1 rings (SSSR count). The molecule has 3 nitrogen and oxygen atoms in total. The SMILES string of the molecule is CC(=O)Nc1ccccc1CCCCO. The Morgan fingerprint density at radius 1 is 1.33 bits per heavy atom. The second kappa shape index (κ2) is 6.19. The van der Waals surface area contributed by atoms with E-state index in [1.807, 2.05) is 24.3 Å². The molecule has 0 bridgehead atoms. The normalized spacial score (nSPS) is 10.0. The van der Waals surface area contributed by atoms with Crippen molar-refractivity contribution in [1.29, 1.82) is 0 Å². The highest BCUT2D eigenvalue weighted by Gasteiger charge is 2.02. The summed E-state index contributed by atoms with van der Waals surface area (Å²) in [4.78, 5) is 10.9. The van der Waals surface area contributed by atoms with Gasteiger partial charge in [0.25, 0.3) is 0 Å². The fourth-order valence-corrected chi connectivity index (χ4v) is 1.48. The smallest absolute Gasteiger partial charge is 0.221 e. The third kappa shape index (κ3) is 4.13. The summed E-state index contributed by atoms with van der Waals surface area (Å²) >= 11 is 0. The summed E-state index contributed by atoms with van der Waals surface area (Å²) in [5.41, 5.74) is 2.00. The average Bonchev–Trinajstić information content (AvgIpc) is 2.20. The maximum atomic E-state index is 10.9. The minimum Gasteiger partial charge on any atom is -0.396 e.